The van der Waals surface area contributed by atoms with E-state index in [0.717, 1.165) is 5.69 Å². The minimum Gasteiger partial charge on any atom is -0.348 e. The number of amides is 2. The van der Waals surface area contributed by atoms with Crippen LogP contribution < -0.4 is 5.73 Å². The van der Waals surface area contributed by atoms with E-state index in [4.69, 9.17) is 5.73 Å². The van der Waals surface area contributed by atoms with E-state index < -0.39 is 6.04 Å². The third-order valence-electron chi connectivity index (χ3n) is 2.44. The van der Waals surface area contributed by atoms with Gasteiger partial charge in [0.2, 0.25) is 11.8 Å². The molecule has 1 aromatic heterocycles. The van der Waals surface area contributed by atoms with Crippen LogP contribution >= 0.6 is 0 Å². The SMILES string of the molecule is NC1CC(=O)N(CCc2cnc[nH]2)C1=O. The maximum absolute atomic E-state index is 11.4. The first kappa shape index (κ1) is 9.85. The average Bonchev–Trinajstić information content (AvgIpc) is 2.76. The van der Waals surface area contributed by atoms with Gasteiger partial charge in [0.05, 0.1) is 18.8 Å². The second kappa shape index (κ2) is 3.82. The van der Waals surface area contributed by atoms with Crippen molar-refractivity contribution in [2.75, 3.05) is 6.54 Å². The van der Waals surface area contributed by atoms with Crippen molar-refractivity contribution in [1.29, 1.82) is 0 Å². The summed E-state index contributed by atoms with van der Waals surface area (Å²) in [5.41, 5.74) is 6.37. The van der Waals surface area contributed by atoms with Crippen LogP contribution in [0.2, 0.25) is 0 Å². The number of imidazole rings is 1. The minimum absolute atomic E-state index is 0.127. The number of rotatable bonds is 3. The van der Waals surface area contributed by atoms with Crippen molar-refractivity contribution in [3.8, 4) is 0 Å². The highest BCUT2D eigenvalue weighted by molar-refractivity contribution is 6.05. The number of aromatic nitrogens is 2. The molecule has 1 aromatic rings. The van der Waals surface area contributed by atoms with Gasteiger partial charge in [0.25, 0.3) is 0 Å². The van der Waals surface area contributed by atoms with Gasteiger partial charge in [0.1, 0.15) is 0 Å². The van der Waals surface area contributed by atoms with Crippen LogP contribution in [0.5, 0.6) is 0 Å². The Hall–Kier alpha value is -1.69. The monoisotopic (exact) mass is 208 g/mol. The summed E-state index contributed by atoms with van der Waals surface area (Å²) in [5.74, 6) is -0.466. The predicted molar refractivity (Wildman–Crippen MR) is 51.6 cm³/mol. The molecule has 80 valence electrons. The summed E-state index contributed by atoms with van der Waals surface area (Å²) in [5, 5.41) is 0. The first-order valence-electron chi connectivity index (χ1n) is 4.75. The zero-order chi connectivity index (χ0) is 10.8. The molecule has 1 saturated heterocycles. The van der Waals surface area contributed by atoms with E-state index >= 15 is 0 Å². The maximum Gasteiger partial charge on any atom is 0.246 e. The number of hydrogen-bond acceptors (Lipinski definition) is 4. The third kappa shape index (κ3) is 1.89. The van der Waals surface area contributed by atoms with Crippen molar-refractivity contribution in [2.24, 2.45) is 5.73 Å². The predicted octanol–water partition coefficient (Wildman–Crippen LogP) is -0.962. The largest absolute Gasteiger partial charge is 0.348 e. The normalized spacial score (nSPS) is 21.4. The molecular weight excluding hydrogens is 196 g/mol. The molecule has 15 heavy (non-hydrogen) atoms. The Balaban J connectivity index is 1.95. The lowest BCUT2D eigenvalue weighted by Gasteiger charge is -2.12. The van der Waals surface area contributed by atoms with Gasteiger partial charge in [0.15, 0.2) is 0 Å². The van der Waals surface area contributed by atoms with Gasteiger partial charge >= 0.3 is 0 Å². The van der Waals surface area contributed by atoms with E-state index in [-0.39, 0.29) is 18.2 Å². The van der Waals surface area contributed by atoms with Gasteiger partial charge in [-0.15, -0.1) is 0 Å². The molecule has 1 atom stereocenters. The number of nitrogens with one attached hydrogen (secondary N) is 1. The molecule has 2 amide bonds. The van der Waals surface area contributed by atoms with Gasteiger partial charge < -0.3 is 10.7 Å². The van der Waals surface area contributed by atoms with E-state index in [1.807, 2.05) is 0 Å². The van der Waals surface area contributed by atoms with Crippen molar-refractivity contribution < 1.29 is 9.59 Å². The van der Waals surface area contributed by atoms with E-state index in [1.54, 1.807) is 12.5 Å². The molecule has 1 aliphatic rings. The number of nitrogens with two attached hydrogens (primary N) is 1. The summed E-state index contributed by atoms with van der Waals surface area (Å²) in [6, 6.07) is -0.653. The van der Waals surface area contributed by atoms with Crippen molar-refractivity contribution >= 4 is 11.8 Å². The van der Waals surface area contributed by atoms with Gasteiger partial charge in [-0.1, -0.05) is 0 Å². The number of aromatic amines is 1. The lowest BCUT2D eigenvalue weighted by Crippen LogP contribution is -2.36. The summed E-state index contributed by atoms with van der Waals surface area (Å²) in [4.78, 5) is 30.8. The Kier molecular flexibility index (Phi) is 2.51. The van der Waals surface area contributed by atoms with Crippen molar-refractivity contribution in [3.05, 3.63) is 18.2 Å². The lowest BCUT2D eigenvalue weighted by molar-refractivity contribution is -0.138. The molecule has 1 unspecified atom stereocenters. The summed E-state index contributed by atoms with van der Waals surface area (Å²) in [6.07, 6.45) is 3.95. The zero-order valence-electron chi connectivity index (χ0n) is 8.14. The number of H-pyrrole nitrogens is 1. The van der Waals surface area contributed by atoms with Crippen LogP contribution in [0.25, 0.3) is 0 Å². The molecule has 0 spiro atoms. The van der Waals surface area contributed by atoms with Crippen LogP contribution in [0.1, 0.15) is 12.1 Å². The molecule has 6 heteroatoms. The van der Waals surface area contributed by atoms with Gasteiger partial charge in [-0.2, -0.15) is 0 Å². The molecule has 6 nitrogen and oxygen atoms in total. The molecule has 0 radical (unpaired) electrons. The van der Waals surface area contributed by atoms with Crippen molar-refractivity contribution in [3.63, 3.8) is 0 Å². The Morgan fingerprint density at radius 3 is 2.93 bits per heavy atom. The van der Waals surface area contributed by atoms with Gasteiger partial charge in [0, 0.05) is 24.9 Å². The lowest BCUT2D eigenvalue weighted by atomic mass is 10.3. The maximum atomic E-state index is 11.4. The highest BCUT2D eigenvalue weighted by atomic mass is 16.2. The van der Waals surface area contributed by atoms with Crippen LogP contribution in [0, 0.1) is 0 Å². The highest BCUT2D eigenvalue weighted by Crippen LogP contribution is 2.11. The quantitative estimate of drug-likeness (QED) is 0.626. The van der Waals surface area contributed by atoms with E-state index in [2.05, 4.69) is 9.97 Å². The topological polar surface area (TPSA) is 92.1 Å². The second-order valence-electron chi connectivity index (χ2n) is 3.52. The molecule has 0 aliphatic carbocycles. The number of imide groups is 1. The van der Waals surface area contributed by atoms with Crippen LogP contribution in [-0.2, 0) is 16.0 Å². The Bertz CT molecular complexity index is 373. The number of carbonyl (C=O) groups is 2. The summed E-state index contributed by atoms with van der Waals surface area (Å²) >= 11 is 0. The third-order valence-corrected chi connectivity index (χ3v) is 2.44. The second-order valence-corrected chi connectivity index (χ2v) is 3.52. The Morgan fingerprint density at radius 1 is 1.60 bits per heavy atom. The molecule has 0 saturated carbocycles. The first-order valence-corrected chi connectivity index (χ1v) is 4.75. The molecule has 0 bridgehead atoms. The molecular formula is C9H12N4O2. The molecule has 3 N–H and O–H groups in total. The number of likely N-dealkylation sites (tertiary alicyclic amines) is 1. The van der Waals surface area contributed by atoms with Gasteiger partial charge in [-0.05, 0) is 0 Å². The fourth-order valence-corrected chi connectivity index (χ4v) is 1.60. The highest BCUT2D eigenvalue weighted by Gasteiger charge is 2.35. The molecule has 1 aliphatic heterocycles. The fourth-order valence-electron chi connectivity index (χ4n) is 1.60. The van der Waals surface area contributed by atoms with E-state index in [9.17, 15) is 9.59 Å². The van der Waals surface area contributed by atoms with E-state index in [1.165, 1.54) is 4.90 Å². The van der Waals surface area contributed by atoms with Gasteiger partial charge in [-0.25, -0.2) is 4.98 Å². The van der Waals surface area contributed by atoms with Crippen LogP contribution in [0.15, 0.2) is 12.5 Å². The summed E-state index contributed by atoms with van der Waals surface area (Å²) in [6.45, 7) is 0.369. The number of hydrogen-bond donors (Lipinski definition) is 2. The molecule has 0 aromatic carbocycles. The first-order chi connectivity index (χ1) is 7.18. The average molecular weight is 208 g/mol. The van der Waals surface area contributed by atoms with E-state index in [0.29, 0.717) is 13.0 Å². The van der Waals surface area contributed by atoms with Crippen molar-refractivity contribution in [1.82, 2.24) is 14.9 Å². The van der Waals surface area contributed by atoms with Crippen LogP contribution in [0.4, 0.5) is 0 Å². The van der Waals surface area contributed by atoms with Crippen LogP contribution in [0.3, 0.4) is 0 Å². The Morgan fingerprint density at radius 2 is 2.40 bits per heavy atom. The summed E-state index contributed by atoms with van der Waals surface area (Å²) < 4.78 is 0. The number of nitrogens with zero attached hydrogens (tertiary/aromatic N) is 2. The minimum atomic E-state index is -0.653. The molecule has 2 rings (SSSR count). The fraction of sp³-hybridized carbons (Fsp3) is 0.444. The summed E-state index contributed by atoms with van der Waals surface area (Å²) in [7, 11) is 0. The molecule has 1 fully saturated rings. The van der Waals surface area contributed by atoms with Crippen LogP contribution in [-0.4, -0.2) is 39.3 Å². The zero-order valence-corrected chi connectivity index (χ0v) is 8.14. The van der Waals surface area contributed by atoms with Crippen molar-refractivity contribution in [2.45, 2.75) is 18.9 Å². The standard InChI is InChI=1S/C9H12N4O2/c10-7-3-8(14)13(9(7)15)2-1-6-4-11-5-12-6/h4-5,7H,1-3,10H2,(H,11,12). The smallest absolute Gasteiger partial charge is 0.246 e. The van der Waals surface area contributed by atoms with Gasteiger partial charge in [-0.3, -0.25) is 14.5 Å². The Labute approximate surface area is 86.5 Å². The number of carbonyl (C=O) groups excluding carboxylic acids is 2. The molecule has 2 heterocycles.